The Bertz CT molecular complexity index is 946. The molecule has 0 N–H and O–H groups in total. The standard InChI is InChI=1S/C16H9BrCl3N3OS/c1-23(15(24)12-10(18)6-7-11(19)13(12)20)16-22-21-14(25-16)8-2-4-9(17)5-3-8/h2-7H,1H3. The lowest BCUT2D eigenvalue weighted by Crippen LogP contribution is -2.26. The summed E-state index contributed by atoms with van der Waals surface area (Å²) in [6, 6.07) is 10.7. The van der Waals surface area contributed by atoms with Crippen molar-refractivity contribution < 1.29 is 4.79 Å². The van der Waals surface area contributed by atoms with Crippen LogP contribution in [0.15, 0.2) is 40.9 Å². The van der Waals surface area contributed by atoms with Crippen LogP contribution in [-0.4, -0.2) is 23.2 Å². The normalized spacial score (nSPS) is 10.8. The average Bonchev–Trinajstić information content (AvgIpc) is 3.08. The van der Waals surface area contributed by atoms with Gasteiger partial charge in [-0.3, -0.25) is 9.69 Å². The topological polar surface area (TPSA) is 46.1 Å². The summed E-state index contributed by atoms with van der Waals surface area (Å²) in [6.07, 6.45) is 0. The summed E-state index contributed by atoms with van der Waals surface area (Å²) in [5, 5.41) is 9.95. The number of carbonyl (C=O) groups is 1. The molecule has 0 fully saturated rings. The Kier molecular flexibility index (Phi) is 5.65. The van der Waals surface area contributed by atoms with Gasteiger partial charge in [-0.15, -0.1) is 10.2 Å². The van der Waals surface area contributed by atoms with Crippen LogP contribution in [0.4, 0.5) is 5.13 Å². The van der Waals surface area contributed by atoms with E-state index in [0.717, 1.165) is 10.0 Å². The van der Waals surface area contributed by atoms with Gasteiger partial charge in [-0.05, 0) is 24.3 Å². The Morgan fingerprint density at radius 1 is 1.04 bits per heavy atom. The molecule has 0 bridgehead atoms. The van der Waals surface area contributed by atoms with Crippen molar-refractivity contribution in [2.45, 2.75) is 0 Å². The van der Waals surface area contributed by atoms with Crippen LogP contribution in [0.2, 0.25) is 15.1 Å². The molecule has 1 amide bonds. The third-order valence-electron chi connectivity index (χ3n) is 3.35. The van der Waals surface area contributed by atoms with Crippen molar-refractivity contribution in [2.75, 3.05) is 11.9 Å². The van der Waals surface area contributed by atoms with Crippen LogP contribution in [0.5, 0.6) is 0 Å². The number of rotatable bonds is 3. The number of hydrogen-bond donors (Lipinski definition) is 0. The molecule has 4 nitrogen and oxygen atoms in total. The van der Waals surface area contributed by atoms with E-state index in [9.17, 15) is 4.79 Å². The van der Waals surface area contributed by atoms with E-state index in [1.165, 1.54) is 22.3 Å². The first kappa shape index (κ1) is 18.6. The molecule has 1 aromatic heterocycles. The number of hydrogen-bond acceptors (Lipinski definition) is 4. The molecule has 0 radical (unpaired) electrons. The zero-order valence-electron chi connectivity index (χ0n) is 12.6. The molecular formula is C16H9BrCl3N3OS. The second-order valence-corrected chi connectivity index (χ2v) is 8.04. The fourth-order valence-corrected chi connectivity index (χ4v) is 3.80. The maximum absolute atomic E-state index is 12.8. The van der Waals surface area contributed by atoms with Crippen LogP contribution in [-0.2, 0) is 0 Å². The number of amides is 1. The summed E-state index contributed by atoms with van der Waals surface area (Å²) in [4.78, 5) is 14.1. The van der Waals surface area contributed by atoms with Gasteiger partial charge in [0.15, 0.2) is 0 Å². The molecule has 0 saturated carbocycles. The highest BCUT2D eigenvalue weighted by molar-refractivity contribution is 9.10. The average molecular weight is 478 g/mol. The molecule has 9 heteroatoms. The van der Waals surface area contributed by atoms with Gasteiger partial charge in [-0.1, -0.05) is 74.2 Å². The summed E-state index contributed by atoms with van der Waals surface area (Å²) in [7, 11) is 1.59. The predicted octanol–water partition coefficient (Wildman–Crippen LogP) is 6.20. The van der Waals surface area contributed by atoms with Crippen molar-refractivity contribution in [3.05, 3.63) is 61.5 Å². The van der Waals surface area contributed by atoms with Crippen LogP contribution in [0.1, 0.15) is 10.4 Å². The molecule has 25 heavy (non-hydrogen) atoms. The third-order valence-corrected chi connectivity index (χ3v) is 6.05. The van der Waals surface area contributed by atoms with Crippen molar-refractivity contribution in [1.82, 2.24) is 10.2 Å². The van der Waals surface area contributed by atoms with Gasteiger partial charge < -0.3 is 0 Å². The quantitative estimate of drug-likeness (QED) is 0.422. The maximum Gasteiger partial charge on any atom is 0.262 e. The van der Waals surface area contributed by atoms with Crippen LogP contribution in [0.3, 0.4) is 0 Å². The Morgan fingerprint density at radius 2 is 1.68 bits per heavy atom. The van der Waals surface area contributed by atoms with Gasteiger partial charge >= 0.3 is 0 Å². The molecule has 0 spiro atoms. The van der Waals surface area contributed by atoms with Gasteiger partial charge in [0.25, 0.3) is 5.91 Å². The zero-order valence-corrected chi connectivity index (χ0v) is 17.3. The summed E-state index contributed by atoms with van der Waals surface area (Å²) in [6.45, 7) is 0. The van der Waals surface area contributed by atoms with Gasteiger partial charge in [0.2, 0.25) is 5.13 Å². The van der Waals surface area contributed by atoms with Gasteiger partial charge in [-0.2, -0.15) is 0 Å². The SMILES string of the molecule is CN(C(=O)c1c(Cl)ccc(Cl)c1Cl)c1nnc(-c2ccc(Br)cc2)s1. The smallest absolute Gasteiger partial charge is 0.262 e. The number of halogens is 4. The van der Waals surface area contributed by atoms with Crippen molar-refractivity contribution >= 4 is 73.1 Å². The van der Waals surface area contributed by atoms with Gasteiger partial charge in [0, 0.05) is 17.1 Å². The molecule has 0 atom stereocenters. The minimum Gasteiger partial charge on any atom is -0.286 e. The highest BCUT2D eigenvalue weighted by Gasteiger charge is 2.24. The zero-order chi connectivity index (χ0) is 18.1. The van der Waals surface area contributed by atoms with Gasteiger partial charge in [0.05, 0.1) is 20.6 Å². The third kappa shape index (κ3) is 3.83. The van der Waals surface area contributed by atoms with E-state index in [1.807, 2.05) is 24.3 Å². The van der Waals surface area contributed by atoms with Crippen molar-refractivity contribution in [3.63, 3.8) is 0 Å². The lowest BCUT2D eigenvalue weighted by atomic mass is 10.2. The van der Waals surface area contributed by atoms with E-state index in [4.69, 9.17) is 34.8 Å². The maximum atomic E-state index is 12.8. The van der Waals surface area contributed by atoms with E-state index < -0.39 is 5.91 Å². The van der Waals surface area contributed by atoms with Crippen LogP contribution in [0, 0.1) is 0 Å². The molecule has 3 rings (SSSR count). The molecule has 0 unspecified atom stereocenters. The fourth-order valence-electron chi connectivity index (χ4n) is 2.04. The molecule has 0 aliphatic heterocycles. The molecule has 0 aliphatic carbocycles. The van der Waals surface area contributed by atoms with E-state index in [2.05, 4.69) is 26.1 Å². The first-order chi connectivity index (χ1) is 11.9. The van der Waals surface area contributed by atoms with Gasteiger partial charge in [0.1, 0.15) is 5.01 Å². The lowest BCUT2D eigenvalue weighted by Gasteiger charge is -2.15. The first-order valence-electron chi connectivity index (χ1n) is 6.89. The highest BCUT2D eigenvalue weighted by Crippen LogP contribution is 2.34. The Labute approximate surface area is 171 Å². The summed E-state index contributed by atoms with van der Waals surface area (Å²) in [5.41, 5.74) is 1.05. The molecular weight excluding hydrogens is 469 g/mol. The molecule has 128 valence electrons. The largest absolute Gasteiger partial charge is 0.286 e. The van der Waals surface area contributed by atoms with Crippen molar-refractivity contribution in [2.24, 2.45) is 0 Å². The van der Waals surface area contributed by atoms with E-state index in [0.29, 0.717) is 10.1 Å². The van der Waals surface area contributed by atoms with Gasteiger partial charge in [-0.25, -0.2) is 0 Å². The van der Waals surface area contributed by atoms with Crippen molar-refractivity contribution in [1.29, 1.82) is 0 Å². The minimum atomic E-state index is -0.406. The number of aromatic nitrogens is 2. The predicted molar refractivity (Wildman–Crippen MR) is 107 cm³/mol. The van der Waals surface area contributed by atoms with Crippen LogP contribution in [0.25, 0.3) is 10.6 Å². The summed E-state index contributed by atoms with van der Waals surface area (Å²) >= 11 is 22.9. The Morgan fingerprint density at radius 3 is 2.36 bits per heavy atom. The number of nitrogens with zero attached hydrogens (tertiary/aromatic N) is 3. The number of carbonyl (C=O) groups excluding carboxylic acids is 1. The lowest BCUT2D eigenvalue weighted by molar-refractivity contribution is 0.0993. The fraction of sp³-hybridized carbons (Fsp3) is 0.0625. The van der Waals surface area contributed by atoms with Crippen LogP contribution >= 0.6 is 62.1 Å². The van der Waals surface area contributed by atoms with E-state index in [1.54, 1.807) is 13.1 Å². The van der Waals surface area contributed by atoms with E-state index in [-0.39, 0.29) is 20.6 Å². The summed E-state index contributed by atoms with van der Waals surface area (Å²) < 4.78 is 0.971. The Hall–Kier alpha value is -1.18. The first-order valence-corrected chi connectivity index (χ1v) is 9.64. The molecule has 1 heterocycles. The Balaban J connectivity index is 1.92. The highest BCUT2D eigenvalue weighted by atomic mass is 79.9. The summed E-state index contributed by atoms with van der Waals surface area (Å²) in [5.74, 6) is -0.406. The second kappa shape index (κ2) is 7.60. The molecule has 2 aromatic carbocycles. The minimum absolute atomic E-state index is 0.115. The molecule has 0 saturated heterocycles. The monoisotopic (exact) mass is 475 g/mol. The van der Waals surface area contributed by atoms with Crippen LogP contribution < -0.4 is 4.90 Å². The number of benzene rings is 2. The second-order valence-electron chi connectivity index (χ2n) is 4.98. The molecule has 3 aromatic rings. The van der Waals surface area contributed by atoms with E-state index >= 15 is 0 Å². The number of anilines is 1. The molecule has 0 aliphatic rings. The van der Waals surface area contributed by atoms with Crippen molar-refractivity contribution in [3.8, 4) is 10.6 Å².